The fourth-order valence-electron chi connectivity index (χ4n) is 3.60. The summed E-state index contributed by atoms with van der Waals surface area (Å²) >= 11 is 6.46. The zero-order valence-electron chi connectivity index (χ0n) is 20.8. The second-order valence-corrected chi connectivity index (χ2v) is 7.89. The average molecular weight is 510 g/mol. The summed E-state index contributed by atoms with van der Waals surface area (Å²) in [5.41, 5.74) is 2.63. The number of benzene rings is 3. The molecule has 0 amide bonds. The lowest BCUT2D eigenvalue weighted by Gasteiger charge is -2.13. The van der Waals surface area contributed by atoms with Gasteiger partial charge in [-0.25, -0.2) is 0 Å². The summed E-state index contributed by atoms with van der Waals surface area (Å²) < 4.78 is 26.9. The van der Waals surface area contributed by atoms with Crippen molar-refractivity contribution in [1.82, 2.24) is 0 Å². The average Bonchev–Trinajstić information content (AvgIpc) is 2.90. The SMILES string of the molecule is COc1ccccc1C(=O)CC=Nc1cc(/C=C\c2cc(OC)c(OC)c(OC)c2)cc(Cl)c1OC. The summed E-state index contributed by atoms with van der Waals surface area (Å²) in [6, 6.07) is 14.3. The van der Waals surface area contributed by atoms with Crippen molar-refractivity contribution in [3.8, 4) is 28.7 Å². The van der Waals surface area contributed by atoms with E-state index in [0.717, 1.165) is 11.1 Å². The van der Waals surface area contributed by atoms with E-state index in [-0.39, 0.29) is 12.2 Å². The Morgan fingerprint density at radius 2 is 1.36 bits per heavy atom. The third-order valence-electron chi connectivity index (χ3n) is 5.32. The van der Waals surface area contributed by atoms with E-state index >= 15 is 0 Å². The lowest BCUT2D eigenvalue weighted by atomic mass is 10.1. The third kappa shape index (κ3) is 6.17. The highest BCUT2D eigenvalue weighted by Gasteiger charge is 2.13. The van der Waals surface area contributed by atoms with Crippen LogP contribution in [0.5, 0.6) is 28.7 Å². The Bertz CT molecular complexity index is 1260. The first kappa shape index (κ1) is 26.6. The number of para-hydroxylation sites is 1. The largest absolute Gasteiger partial charge is 0.496 e. The Balaban J connectivity index is 1.87. The molecule has 3 aromatic carbocycles. The minimum atomic E-state index is -0.111. The topological polar surface area (TPSA) is 75.6 Å². The van der Waals surface area contributed by atoms with Crippen LogP contribution in [0.2, 0.25) is 5.02 Å². The molecule has 0 heterocycles. The van der Waals surface area contributed by atoms with Crippen LogP contribution in [0, 0.1) is 0 Å². The number of aliphatic imine (C=N–C) groups is 1. The van der Waals surface area contributed by atoms with Crippen LogP contribution < -0.4 is 23.7 Å². The smallest absolute Gasteiger partial charge is 0.203 e. The second kappa shape index (κ2) is 12.7. The van der Waals surface area contributed by atoms with Crippen molar-refractivity contribution in [2.24, 2.45) is 4.99 Å². The molecule has 0 saturated heterocycles. The normalized spacial score (nSPS) is 11.1. The maximum atomic E-state index is 12.6. The fraction of sp³-hybridized carbons (Fsp3) is 0.214. The summed E-state index contributed by atoms with van der Waals surface area (Å²) in [5.74, 6) is 2.45. The number of hydrogen-bond donors (Lipinski definition) is 0. The van der Waals surface area contributed by atoms with E-state index in [1.54, 1.807) is 45.6 Å². The van der Waals surface area contributed by atoms with E-state index in [4.69, 9.17) is 35.3 Å². The Morgan fingerprint density at radius 1 is 0.778 bits per heavy atom. The highest BCUT2D eigenvalue weighted by molar-refractivity contribution is 6.32. The predicted molar refractivity (Wildman–Crippen MR) is 143 cm³/mol. The fourth-order valence-corrected chi connectivity index (χ4v) is 3.90. The number of hydrogen-bond acceptors (Lipinski definition) is 7. The van der Waals surface area contributed by atoms with Gasteiger partial charge in [0.05, 0.1) is 46.1 Å². The van der Waals surface area contributed by atoms with Gasteiger partial charge in [-0.3, -0.25) is 9.79 Å². The first-order valence-electron chi connectivity index (χ1n) is 11.0. The van der Waals surface area contributed by atoms with E-state index in [0.29, 0.717) is 45.0 Å². The summed E-state index contributed by atoms with van der Waals surface area (Å²) in [7, 11) is 7.74. The molecule has 0 aliphatic heterocycles. The molecular weight excluding hydrogens is 482 g/mol. The van der Waals surface area contributed by atoms with Gasteiger partial charge in [-0.15, -0.1) is 0 Å². The van der Waals surface area contributed by atoms with Crippen LogP contribution in [-0.4, -0.2) is 47.5 Å². The molecule has 0 bridgehead atoms. The van der Waals surface area contributed by atoms with Crippen LogP contribution >= 0.6 is 11.6 Å². The van der Waals surface area contributed by atoms with E-state index in [1.807, 2.05) is 36.4 Å². The molecule has 7 nitrogen and oxygen atoms in total. The van der Waals surface area contributed by atoms with Crippen molar-refractivity contribution in [3.05, 3.63) is 70.2 Å². The van der Waals surface area contributed by atoms with Crippen molar-refractivity contribution < 1.29 is 28.5 Å². The number of Topliss-reactive ketones (excluding diaryl/α,β-unsaturated/α-hetero) is 1. The van der Waals surface area contributed by atoms with E-state index in [9.17, 15) is 4.79 Å². The number of carbonyl (C=O) groups excluding carboxylic acids is 1. The number of ketones is 1. The zero-order valence-corrected chi connectivity index (χ0v) is 21.6. The Hall–Kier alpha value is -3.97. The van der Waals surface area contributed by atoms with Gasteiger partial charge in [-0.05, 0) is 47.5 Å². The number of rotatable bonds is 11. The van der Waals surface area contributed by atoms with E-state index in [1.165, 1.54) is 20.4 Å². The minimum absolute atomic E-state index is 0.0899. The molecule has 3 rings (SSSR count). The molecule has 0 atom stereocenters. The van der Waals surface area contributed by atoms with Crippen molar-refractivity contribution in [2.75, 3.05) is 35.5 Å². The van der Waals surface area contributed by atoms with Crippen LogP contribution in [0.3, 0.4) is 0 Å². The summed E-state index contributed by atoms with van der Waals surface area (Å²) in [4.78, 5) is 17.1. The molecular formula is C28H28ClNO6. The van der Waals surface area contributed by atoms with Gasteiger partial charge in [0.1, 0.15) is 11.4 Å². The second-order valence-electron chi connectivity index (χ2n) is 7.49. The standard InChI is InChI=1S/C28H28ClNO6/c1-32-24-9-7-6-8-20(24)23(31)12-13-30-22-15-18(14-21(29)27(22)35-4)10-11-19-16-25(33-2)28(36-5)26(17-19)34-3/h6-11,13-17H,12H2,1-5H3/b11-10-,30-13?. The summed E-state index contributed by atoms with van der Waals surface area (Å²) in [6.45, 7) is 0. The summed E-state index contributed by atoms with van der Waals surface area (Å²) in [6.07, 6.45) is 5.40. The molecule has 0 N–H and O–H groups in total. The Kier molecular flexibility index (Phi) is 9.36. The first-order valence-corrected chi connectivity index (χ1v) is 11.4. The molecule has 0 aromatic heterocycles. The predicted octanol–water partition coefficient (Wildman–Crippen LogP) is 6.53. The monoisotopic (exact) mass is 509 g/mol. The molecule has 0 fully saturated rings. The van der Waals surface area contributed by atoms with Gasteiger partial charge < -0.3 is 23.7 Å². The lowest BCUT2D eigenvalue weighted by Crippen LogP contribution is -2.02. The van der Waals surface area contributed by atoms with Crippen LogP contribution in [0.15, 0.2) is 53.5 Å². The van der Waals surface area contributed by atoms with Gasteiger partial charge in [0, 0.05) is 12.6 Å². The summed E-state index contributed by atoms with van der Waals surface area (Å²) in [5, 5.41) is 0.396. The minimum Gasteiger partial charge on any atom is -0.496 e. The van der Waals surface area contributed by atoms with Crippen LogP contribution in [0.1, 0.15) is 27.9 Å². The van der Waals surface area contributed by atoms with Crippen LogP contribution in [-0.2, 0) is 0 Å². The van der Waals surface area contributed by atoms with Gasteiger partial charge in [0.15, 0.2) is 23.0 Å². The molecule has 0 spiro atoms. The lowest BCUT2D eigenvalue weighted by molar-refractivity contribution is 0.0998. The zero-order chi connectivity index (χ0) is 26.1. The molecule has 188 valence electrons. The van der Waals surface area contributed by atoms with Crippen molar-refractivity contribution in [3.63, 3.8) is 0 Å². The number of ether oxygens (including phenoxy) is 5. The molecule has 36 heavy (non-hydrogen) atoms. The quantitative estimate of drug-likeness (QED) is 0.166. The molecule has 3 aromatic rings. The van der Waals surface area contributed by atoms with Gasteiger partial charge in [0.2, 0.25) is 5.75 Å². The molecule has 8 heteroatoms. The highest BCUT2D eigenvalue weighted by Crippen LogP contribution is 2.39. The van der Waals surface area contributed by atoms with Crippen molar-refractivity contribution in [2.45, 2.75) is 6.42 Å². The molecule has 0 radical (unpaired) electrons. The maximum Gasteiger partial charge on any atom is 0.203 e. The van der Waals surface area contributed by atoms with Gasteiger partial charge in [-0.2, -0.15) is 0 Å². The molecule has 0 aliphatic rings. The number of methoxy groups -OCH3 is 5. The maximum absolute atomic E-state index is 12.6. The highest BCUT2D eigenvalue weighted by atomic mass is 35.5. The van der Waals surface area contributed by atoms with Gasteiger partial charge in [-0.1, -0.05) is 35.9 Å². The third-order valence-corrected chi connectivity index (χ3v) is 5.60. The number of nitrogens with zero attached hydrogens (tertiary/aromatic N) is 1. The first-order chi connectivity index (χ1) is 17.4. The number of halogens is 1. The van der Waals surface area contributed by atoms with Crippen LogP contribution in [0.4, 0.5) is 5.69 Å². The molecule has 0 saturated carbocycles. The van der Waals surface area contributed by atoms with E-state index < -0.39 is 0 Å². The molecule has 0 aliphatic carbocycles. The Morgan fingerprint density at radius 3 is 1.94 bits per heavy atom. The van der Waals surface area contributed by atoms with E-state index in [2.05, 4.69) is 4.99 Å². The van der Waals surface area contributed by atoms with Gasteiger partial charge >= 0.3 is 0 Å². The number of carbonyl (C=O) groups is 1. The van der Waals surface area contributed by atoms with Crippen LogP contribution in [0.25, 0.3) is 12.2 Å². The van der Waals surface area contributed by atoms with Gasteiger partial charge in [0.25, 0.3) is 0 Å². The van der Waals surface area contributed by atoms with Crippen molar-refractivity contribution in [1.29, 1.82) is 0 Å². The Labute approximate surface area is 215 Å². The molecule has 0 unspecified atom stereocenters. The van der Waals surface area contributed by atoms with Crippen molar-refractivity contribution >= 4 is 41.4 Å².